The lowest BCUT2D eigenvalue weighted by Crippen LogP contribution is -2.15. The molecule has 3 N–H and O–H groups in total. The zero-order chi connectivity index (χ0) is 63.6. The van der Waals surface area contributed by atoms with Crippen LogP contribution in [-0.2, 0) is 36.4 Å². The van der Waals surface area contributed by atoms with Crippen LogP contribution in [0, 0.1) is 40.6 Å². The Hall–Kier alpha value is -11.2. The molecule has 0 fully saturated rings. The lowest BCUT2D eigenvalue weighted by molar-refractivity contribution is 0.112. The van der Waals surface area contributed by atoms with Crippen molar-refractivity contribution in [2.24, 2.45) is 0 Å². The summed E-state index contributed by atoms with van der Waals surface area (Å²) >= 11 is 0. The summed E-state index contributed by atoms with van der Waals surface area (Å²) in [7, 11) is -2.66. The highest BCUT2D eigenvalue weighted by Gasteiger charge is 2.23. The Bertz CT molecular complexity index is 5020. The molecule has 2 aliphatic carbocycles. The van der Waals surface area contributed by atoms with E-state index in [1.165, 1.54) is 59.3 Å². The predicted octanol–water partition coefficient (Wildman–Crippen LogP) is 20.8. The van der Waals surface area contributed by atoms with Gasteiger partial charge < -0.3 is 24.9 Å². The lowest BCUT2D eigenvalue weighted by atomic mass is 9.90. The minimum absolute atomic E-state index is 0. The Morgan fingerprint density at radius 3 is 1.36 bits per heavy atom. The van der Waals surface area contributed by atoms with E-state index in [1.54, 1.807) is 12.7 Å². The maximum absolute atomic E-state index is 12.2. The van der Waals surface area contributed by atoms with Crippen LogP contribution >= 0.6 is 7.14 Å². The van der Waals surface area contributed by atoms with Gasteiger partial charge in [0.15, 0.2) is 0 Å². The third-order valence-electron chi connectivity index (χ3n) is 17.5. The van der Waals surface area contributed by atoms with Crippen molar-refractivity contribution in [3.8, 4) is 18.2 Å². The molecule has 2 aliphatic rings. The van der Waals surface area contributed by atoms with Crippen molar-refractivity contribution in [1.82, 2.24) is 0 Å². The van der Waals surface area contributed by atoms with E-state index in [0.717, 1.165) is 104 Å². The molecule has 12 aromatic rings. The number of anilines is 6. The summed E-state index contributed by atoms with van der Waals surface area (Å²) in [6.07, 6.45) is 14.5. The SMILES string of the molecule is C.CP(=O)(CO)Cc1ccc2c(C#N)c3ccccc3c(C#N)c2c1.O.O=Cc1ccc(N(c2ccccc2)c2cccc3c2CCCC3)cc1.[C-]#[N+]c1c2ccccc2c(C#N)c2ccc(C=Cc3ccc(N(c4ccccc4)c4cccc5c4CCCC5)cc3)cc12. The van der Waals surface area contributed by atoms with Gasteiger partial charge in [0.2, 0.25) is 5.69 Å². The third-order valence-corrected chi connectivity index (χ3v) is 19.2. The first kappa shape index (κ1) is 65.7. The fourth-order valence-corrected chi connectivity index (χ4v) is 14.2. The zero-order valence-electron chi connectivity index (χ0n) is 51.6. The molecule has 12 aromatic carbocycles. The Morgan fingerprint density at radius 1 is 0.468 bits per heavy atom. The first-order valence-corrected chi connectivity index (χ1v) is 33.6. The molecule has 10 nitrogen and oxygen atoms in total. The van der Waals surface area contributed by atoms with Gasteiger partial charge in [-0.15, -0.1) is 0 Å². The molecular weight excluding hydrogens is 1180 g/mol. The summed E-state index contributed by atoms with van der Waals surface area (Å²) in [5.41, 5.74) is 18.7. The molecule has 0 saturated heterocycles. The van der Waals surface area contributed by atoms with Crippen molar-refractivity contribution in [3.05, 3.63) is 303 Å². The van der Waals surface area contributed by atoms with Crippen LogP contribution in [0.2, 0.25) is 0 Å². The molecule has 0 aliphatic heterocycles. The number of aryl methyl sites for hydroxylation is 2. The summed E-state index contributed by atoms with van der Waals surface area (Å²) in [6, 6.07) is 84.3. The Morgan fingerprint density at radius 2 is 0.872 bits per heavy atom. The predicted molar refractivity (Wildman–Crippen MR) is 388 cm³/mol. The molecule has 462 valence electrons. The molecule has 1 unspecified atom stereocenters. The van der Waals surface area contributed by atoms with E-state index in [2.05, 4.69) is 160 Å². The monoisotopic (exact) mass is 1250 g/mol. The van der Waals surface area contributed by atoms with Crippen LogP contribution in [0.5, 0.6) is 0 Å². The highest BCUT2D eigenvalue weighted by atomic mass is 31.2. The summed E-state index contributed by atoms with van der Waals surface area (Å²) < 4.78 is 12.2. The second kappa shape index (κ2) is 29.8. The number of aliphatic hydroxyl groups is 1. The Labute approximate surface area is 550 Å². The number of rotatable bonds is 12. The minimum atomic E-state index is -2.66. The second-order valence-electron chi connectivity index (χ2n) is 23.5. The fraction of sp³-hybridized carbons (Fsp3) is 0.145. The van der Waals surface area contributed by atoms with Crippen molar-refractivity contribution in [2.45, 2.75) is 65.0 Å². The molecular formula is C83H71N6O4P. The normalized spacial score (nSPS) is 12.7. The number of carbonyl (C=O) groups is 1. The fourth-order valence-electron chi connectivity index (χ4n) is 13.1. The average Bonchev–Trinajstić information content (AvgIpc) is 0.770. The van der Waals surface area contributed by atoms with Gasteiger partial charge in [-0.25, -0.2) is 4.85 Å². The average molecular weight is 1250 g/mol. The molecule has 0 amide bonds. The lowest BCUT2D eigenvalue weighted by Gasteiger charge is -2.30. The van der Waals surface area contributed by atoms with Crippen LogP contribution in [0.25, 0.3) is 60.1 Å². The maximum Gasteiger partial charge on any atom is 0.202 e. The molecule has 0 heterocycles. The van der Waals surface area contributed by atoms with Crippen LogP contribution in [0.3, 0.4) is 0 Å². The number of hydrogen-bond donors (Lipinski definition) is 1. The number of hydrogen-bond acceptors (Lipinski definition) is 8. The van der Waals surface area contributed by atoms with Crippen LogP contribution in [-0.4, -0.2) is 29.9 Å². The molecule has 1 atom stereocenters. The molecule has 0 spiro atoms. The highest BCUT2D eigenvalue weighted by Crippen LogP contribution is 2.46. The summed E-state index contributed by atoms with van der Waals surface area (Å²) in [5.74, 6) is 0. The third kappa shape index (κ3) is 13.7. The number of nitrogens with zero attached hydrogens (tertiary/aromatic N) is 6. The molecule has 0 radical (unpaired) electrons. The standard InChI is InChI=1S/C40H29N3.C23H21NO.C19H15N2O2P.CH4.H2O/c1-42-40-36-16-8-7-15-34(36)38(27-41)35-25-22-29(26-37(35)40)19-18-28-20-23-32(24-21-28)43(31-12-3-2-4-13-31)39-17-9-11-30-10-5-6-14-33(30)39;25-17-18-13-15-21(16-14-18)24(20-9-2-1-3-10-20)23-12-6-8-19-7-4-5-11-22(19)23;1-24(23,12-22)11-13-6-7-16-17(8-13)19(10-21)15-5-3-2-4-14(15)18(16)9-20;;/h2-4,7-9,11-13,15-26H,5-6,10,14H2;1-3,6,8-10,12-17H,4-5,7,11H2;2-8,22H,11-12H2,1H3;1H4;1H2. The van der Waals surface area contributed by atoms with Gasteiger partial charge in [-0.05, 0) is 197 Å². The second-order valence-corrected chi connectivity index (χ2v) is 26.7. The van der Waals surface area contributed by atoms with E-state index in [0.29, 0.717) is 38.7 Å². The number of para-hydroxylation sites is 2. The quantitative estimate of drug-likeness (QED) is 0.0414. The number of aldehydes is 1. The molecule has 94 heavy (non-hydrogen) atoms. The van der Waals surface area contributed by atoms with Crippen LogP contribution in [0.1, 0.15) is 99.1 Å². The van der Waals surface area contributed by atoms with Gasteiger partial charge >= 0.3 is 0 Å². The van der Waals surface area contributed by atoms with E-state index in [4.69, 9.17) is 6.57 Å². The van der Waals surface area contributed by atoms with Gasteiger partial charge in [-0.1, -0.05) is 171 Å². The van der Waals surface area contributed by atoms with Gasteiger partial charge in [0.1, 0.15) is 31.6 Å². The maximum atomic E-state index is 12.2. The number of nitriles is 3. The number of fused-ring (bicyclic) bond motifs is 6. The van der Waals surface area contributed by atoms with Crippen LogP contribution < -0.4 is 9.80 Å². The molecule has 0 bridgehead atoms. The van der Waals surface area contributed by atoms with Gasteiger partial charge in [-0.3, -0.25) is 4.79 Å². The van der Waals surface area contributed by atoms with E-state index in [9.17, 15) is 30.3 Å². The van der Waals surface area contributed by atoms with Crippen LogP contribution in [0.15, 0.2) is 231 Å². The summed E-state index contributed by atoms with van der Waals surface area (Å²) in [5, 5.41) is 44.6. The van der Waals surface area contributed by atoms with Crippen molar-refractivity contribution < 1.29 is 19.9 Å². The number of benzene rings is 12. The van der Waals surface area contributed by atoms with Crippen LogP contribution in [0.4, 0.5) is 39.8 Å². The van der Waals surface area contributed by atoms with Gasteiger partial charge in [-0.2, -0.15) is 15.8 Å². The minimum Gasteiger partial charge on any atom is -0.412 e. The smallest absolute Gasteiger partial charge is 0.202 e. The molecule has 0 saturated carbocycles. The first-order valence-electron chi connectivity index (χ1n) is 31.1. The number of carbonyl (C=O) groups excluding carboxylic acids is 1. The molecule has 11 heteroatoms. The van der Waals surface area contributed by atoms with Crippen molar-refractivity contribution in [2.75, 3.05) is 22.8 Å². The Balaban J connectivity index is 0.000000163. The Kier molecular flexibility index (Phi) is 20.9. The zero-order valence-corrected chi connectivity index (χ0v) is 52.5. The summed E-state index contributed by atoms with van der Waals surface area (Å²) in [4.78, 5) is 19.6. The topological polar surface area (TPSA) is 168 Å². The molecule has 0 aromatic heterocycles. The largest absolute Gasteiger partial charge is 0.412 e. The highest BCUT2D eigenvalue weighted by molar-refractivity contribution is 7.62. The van der Waals surface area contributed by atoms with Gasteiger partial charge in [0, 0.05) is 67.4 Å². The number of aliphatic hydroxyl groups excluding tert-OH is 1. The van der Waals surface area contributed by atoms with Crippen molar-refractivity contribution >= 4 is 108 Å². The van der Waals surface area contributed by atoms with E-state index >= 15 is 0 Å². The van der Waals surface area contributed by atoms with Crippen molar-refractivity contribution in [1.29, 1.82) is 15.8 Å². The van der Waals surface area contributed by atoms with Gasteiger partial charge in [0.05, 0.1) is 29.6 Å². The van der Waals surface area contributed by atoms with Crippen molar-refractivity contribution in [3.63, 3.8) is 0 Å². The summed E-state index contributed by atoms with van der Waals surface area (Å²) in [6.45, 7) is 9.45. The molecule has 14 rings (SSSR count). The van der Waals surface area contributed by atoms with E-state index in [1.807, 2.05) is 109 Å². The van der Waals surface area contributed by atoms with Gasteiger partial charge in [0.25, 0.3) is 0 Å². The first-order chi connectivity index (χ1) is 45.1. The van der Waals surface area contributed by atoms with E-state index in [-0.39, 0.29) is 25.4 Å². The van der Waals surface area contributed by atoms with E-state index < -0.39 is 7.14 Å².